The van der Waals surface area contributed by atoms with Gasteiger partial charge in [-0.1, -0.05) is 0 Å². The lowest BCUT2D eigenvalue weighted by Crippen LogP contribution is -2.50. The maximum Gasteiger partial charge on any atom is 0.220 e. The smallest absolute Gasteiger partial charge is 0.220 e. The van der Waals surface area contributed by atoms with Crippen LogP contribution in [0.3, 0.4) is 0 Å². The van der Waals surface area contributed by atoms with Crippen LogP contribution in [0.25, 0.3) is 0 Å². The van der Waals surface area contributed by atoms with E-state index in [0.717, 1.165) is 39.3 Å². The van der Waals surface area contributed by atoms with E-state index in [0.29, 0.717) is 19.6 Å². The molecule has 0 aromatic rings. The van der Waals surface area contributed by atoms with Gasteiger partial charge in [-0.05, 0) is 20.9 Å². The lowest BCUT2D eigenvalue weighted by molar-refractivity contribution is 0.148. The van der Waals surface area contributed by atoms with E-state index in [4.69, 9.17) is 0 Å². The maximum atomic E-state index is 12.6. The van der Waals surface area contributed by atoms with Crippen molar-refractivity contribution < 1.29 is 8.42 Å². The topological polar surface area (TPSA) is 55.9 Å². The monoisotopic (exact) mass is 304 g/mol. The molecule has 0 aliphatic carbocycles. The third-order valence-electron chi connectivity index (χ3n) is 4.39. The van der Waals surface area contributed by atoms with E-state index in [9.17, 15) is 8.42 Å². The van der Waals surface area contributed by atoms with Gasteiger partial charge in [-0.25, -0.2) is 8.42 Å². The number of nitrogens with one attached hydrogen (secondary N) is 1. The summed E-state index contributed by atoms with van der Waals surface area (Å²) in [4.78, 5) is 4.67. The average molecular weight is 304 g/mol. The Balaban J connectivity index is 1.94. The predicted octanol–water partition coefficient (Wildman–Crippen LogP) is -0.753. The molecule has 2 rings (SSSR count). The zero-order valence-electron chi connectivity index (χ0n) is 12.9. The Hall–Kier alpha value is -0.210. The van der Waals surface area contributed by atoms with Crippen LogP contribution in [0.2, 0.25) is 0 Å². The second kappa shape index (κ2) is 6.27. The summed E-state index contributed by atoms with van der Waals surface area (Å²) in [6, 6.07) is 0. The fraction of sp³-hybridized carbons (Fsp3) is 1.00. The number of piperazine rings is 1. The molecule has 7 heteroatoms. The third-order valence-corrected chi connectivity index (χ3v) is 6.97. The molecular weight excluding hydrogens is 276 g/mol. The first-order valence-corrected chi connectivity index (χ1v) is 8.88. The first-order valence-electron chi connectivity index (χ1n) is 7.44. The quantitative estimate of drug-likeness (QED) is 0.743. The molecule has 0 amide bonds. The van der Waals surface area contributed by atoms with Crippen LogP contribution in [0, 0.1) is 0 Å². The van der Waals surface area contributed by atoms with Crippen molar-refractivity contribution in [2.75, 3.05) is 66.0 Å². The lowest BCUT2D eigenvalue weighted by Gasteiger charge is -2.34. The number of sulfonamides is 1. The highest BCUT2D eigenvalue weighted by molar-refractivity contribution is 7.90. The molecule has 0 unspecified atom stereocenters. The van der Waals surface area contributed by atoms with Gasteiger partial charge in [-0.3, -0.25) is 4.90 Å². The summed E-state index contributed by atoms with van der Waals surface area (Å²) < 4.78 is 26.2. The van der Waals surface area contributed by atoms with Gasteiger partial charge >= 0.3 is 0 Å². The minimum atomic E-state index is -3.22. The predicted molar refractivity (Wildman–Crippen MR) is 81.4 cm³/mol. The van der Waals surface area contributed by atoms with E-state index in [-0.39, 0.29) is 0 Å². The summed E-state index contributed by atoms with van der Waals surface area (Å²) in [5.41, 5.74) is 0. The van der Waals surface area contributed by atoms with Gasteiger partial charge < -0.3 is 10.2 Å². The van der Waals surface area contributed by atoms with Crippen molar-refractivity contribution in [1.82, 2.24) is 19.4 Å². The highest BCUT2D eigenvalue weighted by atomic mass is 32.2. The van der Waals surface area contributed by atoms with Crippen LogP contribution in [0.15, 0.2) is 0 Å². The van der Waals surface area contributed by atoms with Crippen molar-refractivity contribution in [2.24, 2.45) is 0 Å². The number of hydrogen-bond acceptors (Lipinski definition) is 5. The van der Waals surface area contributed by atoms with Crippen LogP contribution in [0.4, 0.5) is 0 Å². The number of rotatable bonds is 3. The van der Waals surface area contributed by atoms with Crippen molar-refractivity contribution in [3.8, 4) is 0 Å². The van der Waals surface area contributed by atoms with Crippen molar-refractivity contribution in [2.45, 2.75) is 18.6 Å². The number of nitrogens with zero attached hydrogens (tertiary/aromatic N) is 3. The highest BCUT2D eigenvalue weighted by Gasteiger charge is 2.40. The Bertz CT molecular complexity index is 416. The summed E-state index contributed by atoms with van der Waals surface area (Å²) in [5, 5.41) is 3.23. The molecule has 0 radical (unpaired) electrons. The van der Waals surface area contributed by atoms with Gasteiger partial charge in [0.25, 0.3) is 0 Å². The van der Waals surface area contributed by atoms with Gasteiger partial charge in [0.2, 0.25) is 10.0 Å². The zero-order valence-corrected chi connectivity index (χ0v) is 13.7. The molecular formula is C13H28N4O2S. The molecule has 20 heavy (non-hydrogen) atoms. The average Bonchev–Trinajstić information content (AvgIpc) is 2.48. The summed E-state index contributed by atoms with van der Waals surface area (Å²) in [6.45, 7) is 11.1. The molecule has 0 aromatic heterocycles. The van der Waals surface area contributed by atoms with Crippen LogP contribution in [-0.2, 0) is 10.0 Å². The van der Waals surface area contributed by atoms with E-state index < -0.39 is 14.8 Å². The molecule has 2 aliphatic heterocycles. The fourth-order valence-electron chi connectivity index (χ4n) is 2.71. The lowest BCUT2D eigenvalue weighted by atomic mass is 10.2. The molecule has 0 spiro atoms. The van der Waals surface area contributed by atoms with Gasteiger partial charge in [0, 0.05) is 58.9 Å². The minimum Gasteiger partial charge on any atom is -0.314 e. The molecule has 0 aromatic carbocycles. The van der Waals surface area contributed by atoms with E-state index in [2.05, 4.69) is 22.2 Å². The van der Waals surface area contributed by atoms with E-state index in [1.165, 1.54) is 0 Å². The minimum absolute atomic E-state index is 0.528. The molecule has 1 N–H and O–H groups in total. The molecule has 6 nitrogen and oxygen atoms in total. The molecule has 0 bridgehead atoms. The second-order valence-corrected chi connectivity index (χ2v) is 9.06. The van der Waals surface area contributed by atoms with Crippen LogP contribution in [0.1, 0.15) is 13.8 Å². The van der Waals surface area contributed by atoms with E-state index in [1.54, 1.807) is 4.31 Å². The summed E-state index contributed by atoms with van der Waals surface area (Å²) in [5.74, 6) is 0. The molecule has 118 valence electrons. The van der Waals surface area contributed by atoms with Crippen molar-refractivity contribution >= 4 is 10.0 Å². The SMILES string of the molecule is CN1CCN(CCN2CCNCC(C)(C)S2(=O)=O)CC1. The standard InChI is InChI=1S/C13H28N4O2S/c1-13(2)12-14-4-5-17(20(13,18)19)11-10-16-8-6-15(3)7-9-16/h14H,4-12H2,1-3H3. The van der Waals surface area contributed by atoms with E-state index >= 15 is 0 Å². The second-order valence-electron chi connectivity index (χ2n) is 6.49. The Kier molecular flexibility index (Phi) is 5.07. The van der Waals surface area contributed by atoms with Crippen molar-refractivity contribution in [1.29, 1.82) is 0 Å². The van der Waals surface area contributed by atoms with Crippen LogP contribution < -0.4 is 5.32 Å². The third kappa shape index (κ3) is 3.51. The Morgan fingerprint density at radius 2 is 1.70 bits per heavy atom. The van der Waals surface area contributed by atoms with E-state index in [1.807, 2.05) is 13.8 Å². The van der Waals surface area contributed by atoms with Crippen LogP contribution >= 0.6 is 0 Å². The zero-order chi connectivity index (χ0) is 14.8. The van der Waals surface area contributed by atoms with Gasteiger partial charge in [0.05, 0.1) is 4.75 Å². The maximum absolute atomic E-state index is 12.6. The van der Waals surface area contributed by atoms with Crippen LogP contribution in [0.5, 0.6) is 0 Å². The molecule has 2 saturated heterocycles. The van der Waals surface area contributed by atoms with Gasteiger partial charge in [0.1, 0.15) is 0 Å². The Labute approximate surface area is 123 Å². The van der Waals surface area contributed by atoms with Crippen molar-refractivity contribution in [3.05, 3.63) is 0 Å². The Morgan fingerprint density at radius 1 is 1.05 bits per heavy atom. The summed E-state index contributed by atoms with van der Waals surface area (Å²) >= 11 is 0. The molecule has 2 aliphatic rings. The van der Waals surface area contributed by atoms with Gasteiger partial charge in [-0.15, -0.1) is 0 Å². The highest BCUT2D eigenvalue weighted by Crippen LogP contribution is 2.22. The molecule has 2 fully saturated rings. The first-order chi connectivity index (χ1) is 9.33. The molecule has 0 atom stereocenters. The summed E-state index contributed by atoms with van der Waals surface area (Å²) in [7, 11) is -1.09. The normalized spacial score (nSPS) is 29.1. The van der Waals surface area contributed by atoms with Crippen LogP contribution in [-0.4, -0.2) is 93.2 Å². The fourth-order valence-corrected chi connectivity index (χ4v) is 4.35. The number of likely N-dealkylation sites (N-methyl/N-ethyl adjacent to an activating group) is 1. The molecule has 0 saturated carbocycles. The molecule has 2 heterocycles. The Morgan fingerprint density at radius 3 is 2.35 bits per heavy atom. The largest absolute Gasteiger partial charge is 0.314 e. The summed E-state index contributed by atoms with van der Waals surface area (Å²) in [6.07, 6.45) is 0. The number of hydrogen-bond donors (Lipinski definition) is 1. The van der Waals surface area contributed by atoms with Gasteiger partial charge in [-0.2, -0.15) is 4.31 Å². The first kappa shape index (κ1) is 16.2. The van der Waals surface area contributed by atoms with Crippen molar-refractivity contribution in [3.63, 3.8) is 0 Å². The van der Waals surface area contributed by atoms with Gasteiger partial charge in [0.15, 0.2) is 0 Å².